The lowest BCUT2D eigenvalue weighted by molar-refractivity contribution is -0.269. The maximum absolute atomic E-state index is 10.1. The molecule has 0 radical (unpaired) electrons. The van der Waals surface area contributed by atoms with E-state index < -0.39 is 45.7 Å². The smallest absolute Gasteiger partial charge is 0.187 e. The molecule has 1 N–H and O–H groups in total. The van der Waals surface area contributed by atoms with Crippen molar-refractivity contribution >= 4 is 33.3 Å². The average molecular weight is 469 g/mol. The van der Waals surface area contributed by atoms with Gasteiger partial charge in [0, 0.05) is 0 Å². The van der Waals surface area contributed by atoms with Gasteiger partial charge >= 0.3 is 0 Å². The number of rotatable bonds is 9. The molecule has 0 aromatic carbocycles. The number of aliphatic hydroxyl groups excluding tert-OH is 1. The van der Waals surface area contributed by atoms with Gasteiger partial charge in [0.25, 0.3) is 0 Å². The number of ether oxygens (including phenoxy) is 1. The fourth-order valence-electron chi connectivity index (χ4n) is 3.10. The summed E-state index contributed by atoms with van der Waals surface area (Å²) in [7, 11) is -7.65. The van der Waals surface area contributed by atoms with Gasteiger partial charge < -0.3 is 27.5 Å². The Kier molecular flexibility index (Phi) is 8.96. The summed E-state index contributed by atoms with van der Waals surface area (Å²) in [6, 6.07) is 0. The van der Waals surface area contributed by atoms with Crippen LogP contribution in [-0.4, -0.2) is 75.7 Å². The Morgan fingerprint density at radius 1 is 0.571 bits per heavy atom. The highest BCUT2D eigenvalue weighted by Gasteiger charge is 2.52. The van der Waals surface area contributed by atoms with Gasteiger partial charge in [0.15, 0.2) is 39.6 Å². The highest BCUT2D eigenvalue weighted by Crippen LogP contribution is 2.34. The van der Waals surface area contributed by atoms with Crippen molar-refractivity contribution in [2.75, 3.05) is 6.61 Å². The van der Waals surface area contributed by atoms with Crippen molar-refractivity contribution in [3.8, 4) is 0 Å². The van der Waals surface area contributed by atoms with Crippen molar-refractivity contribution in [1.29, 1.82) is 0 Å². The Labute approximate surface area is 176 Å². The van der Waals surface area contributed by atoms with Crippen molar-refractivity contribution < 1.29 is 27.5 Å². The molecule has 1 aliphatic heterocycles. The van der Waals surface area contributed by atoms with Crippen LogP contribution in [-0.2, 0) is 22.4 Å². The molecule has 168 valence electrons. The summed E-state index contributed by atoms with van der Waals surface area (Å²) in [5.74, 6) is 0. The predicted molar refractivity (Wildman–Crippen MR) is 125 cm³/mol. The van der Waals surface area contributed by atoms with Gasteiger partial charge in [-0.2, -0.15) is 0 Å². The van der Waals surface area contributed by atoms with Crippen LogP contribution < -0.4 is 0 Å². The first kappa shape index (κ1) is 26.7. The molecule has 0 aromatic heterocycles. The lowest BCUT2D eigenvalue weighted by atomic mass is 9.99. The molecule has 1 rings (SSSR count). The van der Waals surface area contributed by atoms with E-state index in [9.17, 15) is 5.11 Å². The Morgan fingerprint density at radius 3 is 1.29 bits per heavy atom. The molecule has 0 aromatic rings. The van der Waals surface area contributed by atoms with E-state index >= 15 is 0 Å². The van der Waals surface area contributed by atoms with Gasteiger partial charge in [-0.15, -0.1) is 0 Å². The van der Waals surface area contributed by atoms with Gasteiger partial charge in [-0.3, -0.25) is 0 Å². The Balaban J connectivity index is 3.40. The molecule has 6 nitrogen and oxygen atoms in total. The van der Waals surface area contributed by atoms with E-state index in [1.165, 1.54) is 0 Å². The molecule has 1 saturated heterocycles. The maximum atomic E-state index is 10.1. The molecular weight excluding hydrogens is 425 g/mol. The summed E-state index contributed by atoms with van der Waals surface area (Å²) >= 11 is 0. The quantitative estimate of drug-likeness (QED) is 0.511. The summed E-state index contributed by atoms with van der Waals surface area (Å²) < 4.78 is 32.4. The van der Waals surface area contributed by atoms with E-state index in [4.69, 9.17) is 22.4 Å². The standard InChI is InChI=1S/C18H44O6Si4/c1-25(2,3)21-15-14(13-19)20-18(24-28(10,11)12)17(23-27(7,8)9)16(15)22-26(4,5)6/h14-19H,13H2,1-12H3/t14-,15+,16+,17-,18-/m1/s1. The van der Waals surface area contributed by atoms with Crippen molar-refractivity contribution in [2.45, 2.75) is 109 Å². The maximum Gasteiger partial charge on any atom is 0.187 e. The fraction of sp³-hybridized carbons (Fsp3) is 1.00. The van der Waals surface area contributed by atoms with Crippen LogP contribution in [0.15, 0.2) is 0 Å². The first-order valence-corrected chi connectivity index (χ1v) is 23.9. The van der Waals surface area contributed by atoms with Crippen LogP contribution in [0.3, 0.4) is 0 Å². The lowest BCUT2D eigenvalue weighted by Gasteiger charge is -2.51. The summed E-state index contributed by atoms with van der Waals surface area (Å²) in [5.41, 5.74) is 0. The van der Waals surface area contributed by atoms with Crippen LogP contribution in [0, 0.1) is 0 Å². The first-order chi connectivity index (χ1) is 12.3. The van der Waals surface area contributed by atoms with Crippen LogP contribution >= 0.6 is 0 Å². The zero-order valence-electron chi connectivity index (χ0n) is 20.1. The molecule has 1 fully saturated rings. The molecule has 0 saturated carbocycles. The van der Waals surface area contributed by atoms with E-state index in [2.05, 4.69) is 78.6 Å². The van der Waals surface area contributed by atoms with E-state index in [-0.39, 0.29) is 24.9 Å². The molecule has 1 heterocycles. The van der Waals surface area contributed by atoms with Gasteiger partial charge in [0.2, 0.25) is 0 Å². The van der Waals surface area contributed by atoms with E-state index in [1.54, 1.807) is 0 Å². The van der Waals surface area contributed by atoms with E-state index in [0.717, 1.165) is 0 Å². The molecule has 10 heteroatoms. The van der Waals surface area contributed by atoms with Gasteiger partial charge in [-0.1, -0.05) is 0 Å². The SMILES string of the molecule is C[Si](C)(C)O[C@H]1O[C@H](CO)[C@H](O[Si](C)(C)C)[C@H](O[Si](C)(C)C)[C@H]1O[Si](C)(C)C. The second-order valence-corrected chi connectivity index (χ2v) is 29.4. The topological polar surface area (TPSA) is 66.4 Å². The Hall–Kier alpha value is 0.628. The zero-order valence-corrected chi connectivity index (χ0v) is 24.1. The third-order valence-electron chi connectivity index (χ3n) is 3.71. The average Bonchev–Trinajstić information content (AvgIpc) is 2.39. The van der Waals surface area contributed by atoms with Crippen molar-refractivity contribution in [3.63, 3.8) is 0 Å². The number of hydrogen-bond acceptors (Lipinski definition) is 6. The lowest BCUT2D eigenvalue weighted by Crippen LogP contribution is -2.67. The van der Waals surface area contributed by atoms with E-state index in [1.807, 2.05) is 0 Å². The molecule has 1 aliphatic rings. The van der Waals surface area contributed by atoms with Crippen LogP contribution in [0.25, 0.3) is 0 Å². The molecule has 0 unspecified atom stereocenters. The Bertz CT molecular complexity index is 492. The monoisotopic (exact) mass is 468 g/mol. The van der Waals surface area contributed by atoms with Gasteiger partial charge in [-0.25, -0.2) is 0 Å². The molecule has 0 amide bonds. The van der Waals surface area contributed by atoms with Crippen molar-refractivity contribution in [2.24, 2.45) is 0 Å². The highest BCUT2D eigenvalue weighted by molar-refractivity contribution is 6.71. The summed E-state index contributed by atoms with van der Waals surface area (Å²) in [6.07, 6.45) is -2.10. The second-order valence-electron chi connectivity index (χ2n) is 11.5. The zero-order chi connectivity index (χ0) is 22.1. The minimum atomic E-state index is -1.92. The highest BCUT2D eigenvalue weighted by atomic mass is 28.4. The van der Waals surface area contributed by atoms with Crippen LogP contribution in [0.4, 0.5) is 0 Å². The molecular formula is C18H44O6Si4. The van der Waals surface area contributed by atoms with Gasteiger partial charge in [-0.05, 0) is 78.6 Å². The summed E-state index contributed by atoms with van der Waals surface area (Å²) in [5, 5.41) is 10.1. The molecule has 0 bridgehead atoms. The van der Waals surface area contributed by atoms with Crippen molar-refractivity contribution in [1.82, 2.24) is 0 Å². The largest absolute Gasteiger partial charge is 0.409 e. The summed E-state index contributed by atoms with van der Waals surface area (Å²) in [4.78, 5) is 0. The normalized spacial score (nSPS) is 30.5. The van der Waals surface area contributed by atoms with Gasteiger partial charge in [0.05, 0.1) is 6.61 Å². The predicted octanol–water partition coefficient (Wildman–Crippen LogP) is 4.22. The third-order valence-corrected chi connectivity index (χ3v) is 7.59. The van der Waals surface area contributed by atoms with Crippen LogP contribution in [0.1, 0.15) is 0 Å². The number of hydrogen-bond donors (Lipinski definition) is 1. The second kappa shape index (κ2) is 9.41. The molecule has 5 atom stereocenters. The molecule has 0 spiro atoms. The molecule has 0 aliphatic carbocycles. The minimum Gasteiger partial charge on any atom is -0.409 e. The molecule has 28 heavy (non-hydrogen) atoms. The summed E-state index contributed by atoms with van der Waals surface area (Å²) in [6.45, 7) is 25.7. The first-order valence-electron chi connectivity index (χ1n) is 10.3. The number of aliphatic hydroxyl groups is 1. The van der Waals surface area contributed by atoms with Crippen molar-refractivity contribution in [3.05, 3.63) is 0 Å². The Morgan fingerprint density at radius 2 is 0.929 bits per heavy atom. The minimum absolute atomic E-state index is 0.133. The van der Waals surface area contributed by atoms with Gasteiger partial charge in [0.1, 0.15) is 24.4 Å². The third kappa shape index (κ3) is 9.62. The van der Waals surface area contributed by atoms with E-state index in [0.29, 0.717) is 0 Å². The fourth-order valence-corrected chi connectivity index (χ4v) is 7.23. The van der Waals surface area contributed by atoms with Crippen LogP contribution in [0.5, 0.6) is 0 Å². The van der Waals surface area contributed by atoms with Crippen LogP contribution in [0.2, 0.25) is 78.6 Å².